The highest BCUT2D eigenvalue weighted by Crippen LogP contribution is 2.36. The molecule has 0 spiro atoms. The zero-order valence-corrected chi connectivity index (χ0v) is 14.3. The van der Waals surface area contributed by atoms with Gasteiger partial charge in [0.25, 0.3) is 5.89 Å². The summed E-state index contributed by atoms with van der Waals surface area (Å²) in [5, 5.41) is 25.6. The molecule has 7 nitrogen and oxygen atoms in total. The lowest BCUT2D eigenvalue weighted by atomic mass is 10.1. The molecule has 1 aliphatic heterocycles. The second-order valence-corrected chi connectivity index (χ2v) is 6.90. The van der Waals surface area contributed by atoms with Crippen LogP contribution >= 0.6 is 11.3 Å². The van der Waals surface area contributed by atoms with Gasteiger partial charge in [-0.2, -0.15) is 4.98 Å². The Bertz CT molecular complexity index is 861. The lowest BCUT2D eigenvalue weighted by Gasteiger charge is -2.09. The van der Waals surface area contributed by atoms with Gasteiger partial charge in [-0.3, -0.25) is 0 Å². The SMILES string of the molecule is Cc1ccc(-c2noc(-c3csc([C@@H]4C[C@H](O)[C@@H](CO)O4)n3)n2)cc1. The summed E-state index contributed by atoms with van der Waals surface area (Å²) < 4.78 is 11.0. The van der Waals surface area contributed by atoms with Crippen LogP contribution in [-0.4, -0.2) is 44.2 Å². The van der Waals surface area contributed by atoms with Crippen molar-refractivity contribution in [3.63, 3.8) is 0 Å². The molecule has 3 heterocycles. The van der Waals surface area contributed by atoms with Gasteiger partial charge in [0, 0.05) is 17.4 Å². The minimum Gasteiger partial charge on any atom is -0.394 e. The molecule has 130 valence electrons. The molecule has 4 rings (SSSR count). The molecule has 0 radical (unpaired) electrons. The minimum atomic E-state index is -0.682. The maximum atomic E-state index is 9.84. The summed E-state index contributed by atoms with van der Waals surface area (Å²) in [4.78, 5) is 8.89. The predicted octanol–water partition coefficient (Wildman–Crippen LogP) is 2.35. The van der Waals surface area contributed by atoms with Crippen molar-refractivity contribution in [3.05, 3.63) is 40.2 Å². The van der Waals surface area contributed by atoms with Crippen LogP contribution in [0.2, 0.25) is 0 Å². The average Bonchev–Trinajstić information content (AvgIpc) is 3.34. The molecule has 0 unspecified atom stereocenters. The van der Waals surface area contributed by atoms with Crippen LogP contribution < -0.4 is 0 Å². The third-order valence-electron chi connectivity index (χ3n) is 4.16. The molecule has 0 amide bonds. The van der Waals surface area contributed by atoms with E-state index in [9.17, 15) is 10.2 Å². The molecule has 25 heavy (non-hydrogen) atoms. The third-order valence-corrected chi connectivity index (χ3v) is 5.09. The lowest BCUT2D eigenvalue weighted by Crippen LogP contribution is -2.24. The molecule has 2 aromatic heterocycles. The number of benzene rings is 1. The second-order valence-electron chi connectivity index (χ2n) is 6.01. The van der Waals surface area contributed by atoms with Crippen LogP contribution in [-0.2, 0) is 4.74 Å². The molecular weight excluding hydrogens is 342 g/mol. The van der Waals surface area contributed by atoms with Crippen molar-refractivity contribution < 1.29 is 19.5 Å². The number of hydrogen-bond acceptors (Lipinski definition) is 8. The smallest absolute Gasteiger partial charge is 0.277 e. The van der Waals surface area contributed by atoms with Crippen molar-refractivity contribution in [1.29, 1.82) is 0 Å². The Balaban J connectivity index is 1.54. The van der Waals surface area contributed by atoms with Crippen molar-refractivity contribution in [2.75, 3.05) is 6.61 Å². The molecule has 0 bridgehead atoms. The first-order valence-electron chi connectivity index (χ1n) is 7.95. The summed E-state index contributed by atoms with van der Waals surface area (Å²) in [7, 11) is 0. The lowest BCUT2D eigenvalue weighted by molar-refractivity contribution is -0.0225. The third kappa shape index (κ3) is 3.21. The number of hydrogen-bond donors (Lipinski definition) is 2. The summed E-state index contributed by atoms with van der Waals surface area (Å²) in [6, 6.07) is 7.87. The first-order chi connectivity index (χ1) is 12.1. The fourth-order valence-electron chi connectivity index (χ4n) is 2.73. The number of aliphatic hydroxyl groups excluding tert-OH is 2. The summed E-state index contributed by atoms with van der Waals surface area (Å²) in [6.07, 6.45) is -1.16. The number of ether oxygens (including phenoxy) is 1. The van der Waals surface area contributed by atoms with E-state index in [1.165, 1.54) is 11.3 Å². The molecule has 1 fully saturated rings. The number of thiazole rings is 1. The first kappa shape index (κ1) is 16.3. The normalized spacial score (nSPS) is 23.2. The summed E-state index contributed by atoms with van der Waals surface area (Å²) in [5.41, 5.74) is 2.62. The molecular formula is C17H17N3O4S. The highest BCUT2D eigenvalue weighted by molar-refractivity contribution is 7.10. The number of aryl methyl sites for hydroxylation is 1. The van der Waals surface area contributed by atoms with Crippen molar-refractivity contribution in [2.24, 2.45) is 0 Å². The Morgan fingerprint density at radius 3 is 2.76 bits per heavy atom. The maximum Gasteiger partial charge on any atom is 0.277 e. The van der Waals surface area contributed by atoms with Gasteiger partial charge in [0.2, 0.25) is 5.82 Å². The van der Waals surface area contributed by atoms with Crippen LogP contribution in [0.3, 0.4) is 0 Å². The molecule has 0 saturated carbocycles. The van der Waals surface area contributed by atoms with Gasteiger partial charge in [-0.05, 0) is 6.92 Å². The highest BCUT2D eigenvalue weighted by atomic mass is 32.1. The van der Waals surface area contributed by atoms with E-state index in [1.807, 2.05) is 36.6 Å². The van der Waals surface area contributed by atoms with E-state index < -0.39 is 12.2 Å². The minimum absolute atomic E-state index is 0.209. The Kier molecular flexibility index (Phi) is 4.34. The van der Waals surface area contributed by atoms with E-state index in [4.69, 9.17) is 9.26 Å². The van der Waals surface area contributed by atoms with Crippen LogP contribution in [0.25, 0.3) is 23.0 Å². The molecule has 3 aromatic rings. The van der Waals surface area contributed by atoms with Crippen molar-refractivity contribution in [2.45, 2.75) is 31.7 Å². The van der Waals surface area contributed by atoms with Gasteiger partial charge in [-0.1, -0.05) is 35.0 Å². The van der Waals surface area contributed by atoms with Crippen LogP contribution in [0.5, 0.6) is 0 Å². The molecule has 2 N–H and O–H groups in total. The van der Waals surface area contributed by atoms with Gasteiger partial charge in [0.1, 0.15) is 22.9 Å². The van der Waals surface area contributed by atoms with E-state index in [1.54, 1.807) is 0 Å². The predicted molar refractivity (Wildman–Crippen MR) is 90.9 cm³/mol. The van der Waals surface area contributed by atoms with Crippen LogP contribution in [0.15, 0.2) is 34.2 Å². The quantitative estimate of drug-likeness (QED) is 0.737. The summed E-state index contributed by atoms with van der Waals surface area (Å²) in [6.45, 7) is 1.81. The van der Waals surface area contributed by atoms with Gasteiger partial charge >= 0.3 is 0 Å². The molecule has 1 aromatic carbocycles. The Hall–Kier alpha value is -2.13. The van der Waals surface area contributed by atoms with E-state index in [-0.39, 0.29) is 12.7 Å². The first-order valence-corrected chi connectivity index (χ1v) is 8.83. The van der Waals surface area contributed by atoms with Gasteiger partial charge in [-0.15, -0.1) is 11.3 Å². The van der Waals surface area contributed by atoms with E-state index >= 15 is 0 Å². The second kappa shape index (κ2) is 6.64. The number of aliphatic hydroxyl groups is 2. The van der Waals surface area contributed by atoms with E-state index in [0.717, 1.165) is 16.1 Å². The Labute approximate surface area is 147 Å². The topological polar surface area (TPSA) is 102 Å². The van der Waals surface area contributed by atoms with Gasteiger partial charge in [-0.25, -0.2) is 4.98 Å². The van der Waals surface area contributed by atoms with E-state index in [2.05, 4.69) is 15.1 Å². The van der Waals surface area contributed by atoms with Crippen molar-refractivity contribution >= 4 is 11.3 Å². The van der Waals surface area contributed by atoms with Crippen LogP contribution in [0, 0.1) is 6.92 Å². The largest absolute Gasteiger partial charge is 0.394 e. The maximum absolute atomic E-state index is 9.84. The van der Waals surface area contributed by atoms with Gasteiger partial charge in [0.15, 0.2) is 0 Å². The standard InChI is InChI=1S/C17H17N3O4S/c1-9-2-4-10(5-3-9)15-19-16(24-20-15)11-8-25-17(18-11)13-6-12(22)14(7-21)23-13/h2-5,8,12-14,21-22H,6-7H2,1H3/t12-,13-,14+/m0/s1. The fraction of sp³-hybridized carbons (Fsp3) is 0.353. The molecule has 3 atom stereocenters. The highest BCUT2D eigenvalue weighted by Gasteiger charge is 2.36. The van der Waals surface area contributed by atoms with E-state index in [0.29, 0.717) is 23.8 Å². The zero-order valence-electron chi connectivity index (χ0n) is 13.5. The van der Waals surface area contributed by atoms with Crippen LogP contribution in [0.4, 0.5) is 0 Å². The number of rotatable bonds is 4. The van der Waals surface area contributed by atoms with Gasteiger partial charge in [0.05, 0.1) is 12.7 Å². The van der Waals surface area contributed by atoms with Crippen molar-refractivity contribution in [1.82, 2.24) is 15.1 Å². The summed E-state index contributed by atoms with van der Waals surface area (Å²) in [5.74, 6) is 0.854. The van der Waals surface area contributed by atoms with Crippen LogP contribution in [0.1, 0.15) is 23.1 Å². The van der Waals surface area contributed by atoms with Crippen molar-refractivity contribution in [3.8, 4) is 23.0 Å². The Morgan fingerprint density at radius 2 is 2.04 bits per heavy atom. The molecule has 1 aliphatic rings. The summed E-state index contributed by atoms with van der Waals surface area (Å²) >= 11 is 1.41. The molecule has 1 saturated heterocycles. The Morgan fingerprint density at radius 1 is 1.24 bits per heavy atom. The zero-order chi connectivity index (χ0) is 17.4. The molecule has 8 heteroatoms. The number of aromatic nitrogens is 3. The molecule has 0 aliphatic carbocycles. The van der Waals surface area contributed by atoms with Gasteiger partial charge < -0.3 is 19.5 Å². The fourth-order valence-corrected chi connectivity index (χ4v) is 3.57. The monoisotopic (exact) mass is 359 g/mol. The number of nitrogens with zero attached hydrogens (tertiary/aromatic N) is 3. The average molecular weight is 359 g/mol.